The zero-order valence-corrected chi connectivity index (χ0v) is 14.5. The first-order valence-electron chi connectivity index (χ1n) is 6.69. The predicted molar refractivity (Wildman–Crippen MR) is 84.0 cm³/mol. The Balaban J connectivity index is 3.84. The third kappa shape index (κ3) is 8.06. The summed E-state index contributed by atoms with van der Waals surface area (Å²) in [6.45, 7) is 6.06. The van der Waals surface area contributed by atoms with Crippen LogP contribution in [-0.2, 0) is 22.8 Å². The molecule has 0 saturated carbocycles. The van der Waals surface area contributed by atoms with E-state index < -0.39 is 8.80 Å². The fourth-order valence-corrected chi connectivity index (χ4v) is 3.97. The highest BCUT2D eigenvalue weighted by molar-refractivity contribution is 7.80. The van der Waals surface area contributed by atoms with Crippen molar-refractivity contribution in [2.24, 2.45) is 0 Å². The average molecular weight is 322 g/mol. The van der Waals surface area contributed by atoms with E-state index in [0.29, 0.717) is 18.8 Å². The number of hydrogen-bond acceptors (Lipinski definition) is 6. The predicted octanol–water partition coefficient (Wildman–Crippen LogP) is 2.45. The summed E-state index contributed by atoms with van der Waals surface area (Å²) < 4.78 is 21.6. The normalized spacial score (nSPS) is 11.4. The van der Waals surface area contributed by atoms with Crippen molar-refractivity contribution in [1.82, 2.24) is 0 Å². The topological polar surface area (TPSA) is 54.0 Å². The van der Waals surface area contributed by atoms with Crippen molar-refractivity contribution in [2.75, 3.05) is 33.2 Å². The van der Waals surface area contributed by atoms with Crippen molar-refractivity contribution in [3.05, 3.63) is 12.2 Å². The maximum Gasteiger partial charge on any atom is 0.500 e. The molecule has 0 atom stereocenters. The molecular weight excluding hydrogens is 296 g/mol. The Labute approximate surface area is 128 Å². The van der Waals surface area contributed by atoms with E-state index in [1.807, 2.05) is 0 Å². The van der Waals surface area contributed by atoms with Gasteiger partial charge in [-0.2, -0.15) is 12.6 Å². The Kier molecular flexibility index (Phi) is 11.1. The molecule has 0 bridgehead atoms. The number of carbonyl (C=O) groups is 1. The summed E-state index contributed by atoms with van der Waals surface area (Å²) in [4.78, 5) is 11.2. The average Bonchev–Trinajstić information content (AvgIpc) is 2.45. The molecule has 0 rings (SSSR count). The minimum absolute atomic E-state index is 0.350. The number of ether oxygens (including phenoxy) is 1. The monoisotopic (exact) mass is 322 g/mol. The molecule has 0 aliphatic carbocycles. The van der Waals surface area contributed by atoms with Crippen molar-refractivity contribution in [3.63, 3.8) is 0 Å². The van der Waals surface area contributed by atoms with Crippen LogP contribution in [0.4, 0.5) is 0 Å². The molecule has 0 spiro atoms. The minimum Gasteiger partial charge on any atom is -0.462 e. The minimum atomic E-state index is -2.54. The van der Waals surface area contributed by atoms with Gasteiger partial charge in [0.2, 0.25) is 0 Å². The number of rotatable bonds is 12. The van der Waals surface area contributed by atoms with E-state index in [2.05, 4.69) is 19.2 Å². The maximum absolute atomic E-state index is 11.2. The van der Waals surface area contributed by atoms with Crippen LogP contribution in [0.3, 0.4) is 0 Å². The van der Waals surface area contributed by atoms with E-state index in [-0.39, 0.29) is 5.97 Å². The quantitative estimate of drug-likeness (QED) is 0.197. The van der Waals surface area contributed by atoms with E-state index in [4.69, 9.17) is 18.0 Å². The van der Waals surface area contributed by atoms with Crippen molar-refractivity contribution in [3.8, 4) is 0 Å². The first kappa shape index (κ1) is 19.7. The number of thiol groups is 1. The summed E-state index contributed by atoms with van der Waals surface area (Å²) in [6.07, 6.45) is 2.42. The molecule has 5 nitrogen and oxygen atoms in total. The molecule has 0 fully saturated rings. The van der Waals surface area contributed by atoms with Crippen LogP contribution < -0.4 is 0 Å². The first-order valence-corrected chi connectivity index (χ1v) is 9.25. The zero-order chi connectivity index (χ0) is 15.4. The van der Waals surface area contributed by atoms with Gasteiger partial charge in [0.15, 0.2) is 0 Å². The molecule has 7 heteroatoms. The van der Waals surface area contributed by atoms with Crippen LogP contribution in [0.25, 0.3) is 0 Å². The molecule has 0 heterocycles. The molecule has 0 aromatic heterocycles. The van der Waals surface area contributed by atoms with Gasteiger partial charge in [-0.05, 0) is 31.9 Å². The lowest BCUT2D eigenvalue weighted by molar-refractivity contribution is -0.139. The van der Waals surface area contributed by atoms with Crippen molar-refractivity contribution < 1.29 is 22.8 Å². The second-order valence-corrected chi connectivity index (χ2v) is 7.81. The largest absolute Gasteiger partial charge is 0.500 e. The highest BCUT2D eigenvalue weighted by atomic mass is 32.1. The van der Waals surface area contributed by atoms with Gasteiger partial charge in [-0.25, -0.2) is 4.79 Å². The maximum atomic E-state index is 11.2. The second kappa shape index (κ2) is 11.3. The van der Waals surface area contributed by atoms with E-state index >= 15 is 0 Å². The van der Waals surface area contributed by atoms with Gasteiger partial charge in [0, 0.05) is 32.4 Å². The Bertz CT molecular complexity index is 294. The van der Waals surface area contributed by atoms with Crippen molar-refractivity contribution in [2.45, 2.75) is 32.2 Å². The Morgan fingerprint density at radius 2 is 1.75 bits per heavy atom. The summed E-state index contributed by atoms with van der Waals surface area (Å²) in [5.41, 5.74) is 0.415. The van der Waals surface area contributed by atoms with Gasteiger partial charge in [-0.3, -0.25) is 0 Å². The lowest BCUT2D eigenvalue weighted by atomic mass is 10.3. The van der Waals surface area contributed by atoms with Gasteiger partial charge in [0.1, 0.15) is 0 Å². The summed E-state index contributed by atoms with van der Waals surface area (Å²) in [5.74, 6) is 0.430. The lowest BCUT2D eigenvalue weighted by Gasteiger charge is -2.26. The molecule has 0 aromatic carbocycles. The summed E-state index contributed by atoms with van der Waals surface area (Å²) in [5, 5.41) is 0. The Morgan fingerprint density at radius 3 is 2.25 bits per heavy atom. The van der Waals surface area contributed by atoms with E-state index in [0.717, 1.165) is 31.1 Å². The van der Waals surface area contributed by atoms with Gasteiger partial charge >= 0.3 is 14.8 Å². The van der Waals surface area contributed by atoms with E-state index in [1.165, 1.54) is 0 Å². The van der Waals surface area contributed by atoms with Gasteiger partial charge in [-0.1, -0.05) is 6.58 Å². The first-order chi connectivity index (χ1) is 9.51. The van der Waals surface area contributed by atoms with Crippen LogP contribution in [-0.4, -0.2) is 48.0 Å². The Morgan fingerprint density at radius 1 is 1.15 bits per heavy atom. The van der Waals surface area contributed by atoms with Gasteiger partial charge in [-0.15, -0.1) is 0 Å². The molecule has 0 unspecified atom stereocenters. The third-order valence-electron chi connectivity index (χ3n) is 2.71. The molecule has 0 aliphatic rings. The van der Waals surface area contributed by atoms with Gasteiger partial charge < -0.3 is 18.0 Å². The summed E-state index contributed by atoms with van der Waals surface area (Å²) >= 11 is 4.18. The number of hydrogen-bond donors (Lipinski definition) is 1. The lowest BCUT2D eigenvalue weighted by Crippen LogP contribution is -2.44. The number of esters is 1. The van der Waals surface area contributed by atoms with Crippen LogP contribution in [0.15, 0.2) is 12.2 Å². The molecule has 0 aliphatic heterocycles. The Hall–Kier alpha value is -0.343. The molecule has 0 aromatic rings. The van der Waals surface area contributed by atoms with Crippen LogP contribution >= 0.6 is 12.6 Å². The molecule has 0 radical (unpaired) electrons. The molecule has 118 valence electrons. The highest BCUT2D eigenvalue weighted by Crippen LogP contribution is 2.17. The fraction of sp³-hybridized carbons (Fsp3) is 0.769. The fourth-order valence-electron chi connectivity index (χ4n) is 1.49. The smallest absolute Gasteiger partial charge is 0.462 e. The van der Waals surface area contributed by atoms with Crippen LogP contribution in [0.2, 0.25) is 6.04 Å². The van der Waals surface area contributed by atoms with Crippen molar-refractivity contribution in [1.29, 1.82) is 0 Å². The van der Waals surface area contributed by atoms with Crippen LogP contribution in [0.1, 0.15) is 26.2 Å². The van der Waals surface area contributed by atoms with E-state index in [9.17, 15) is 4.79 Å². The molecular formula is C13H26O5SSi. The summed E-state index contributed by atoms with van der Waals surface area (Å²) in [7, 11) is 0.693. The van der Waals surface area contributed by atoms with Crippen LogP contribution in [0.5, 0.6) is 0 Å². The van der Waals surface area contributed by atoms with Gasteiger partial charge in [0.05, 0.1) is 6.61 Å². The molecule has 0 saturated heterocycles. The van der Waals surface area contributed by atoms with Crippen molar-refractivity contribution >= 4 is 27.4 Å². The molecule has 0 N–H and O–H groups in total. The second-order valence-electron chi connectivity index (χ2n) is 4.39. The SMILES string of the molecule is C=C(C)C(=O)OCCCCO[Si](CCCS)(OC)OC. The number of unbranched alkanes of at least 4 members (excludes halogenated alkanes) is 1. The summed E-state index contributed by atoms with van der Waals surface area (Å²) in [6, 6.07) is 0.758. The zero-order valence-electron chi connectivity index (χ0n) is 12.6. The highest BCUT2D eigenvalue weighted by Gasteiger charge is 2.37. The standard InChI is InChI=1S/C13H26O5SSi/c1-12(2)13(14)17-8-5-6-9-18-20(15-3,16-4)11-7-10-19/h19H,1,5-11H2,2-4H3. The van der Waals surface area contributed by atoms with Gasteiger partial charge in [0.25, 0.3) is 0 Å². The number of carbonyl (C=O) groups excluding carboxylic acids is 1. The molecule has 0 amide bonds. The van der Waals surface area contributed by atoms with E-state index in [1.54, 1.807) is 21.1 Å². The molecule has 20 heavy (non-hydrogen) atoms. The third-order valence-corrected chi connectivity index (χ3v) is 5.88. The van der Waals surface area contributed by atoms with Crippen LogP contribution in [0, 0.1) is 0 Å².